The van der Waals surface area contributed by atoms with E-state index in [-0.39, 0.29) is 30.4 Å². The minimum absolute atomic E-state index is 0.00299. The number of aliphatic carboxylic acids is 1. The van der Waals surface area contributed by atoms with Crippen LogP contribution >= 0.6 is 0 Å². The number of carbonyl (C=O) groups excluding carboxylic acids is 2. The zero-order valence-corrected chi connectivity index (χ0v) is 18.8. The third kappa shape index (κ3) is 5.02. The van der Waals surface area contributed by atoms with E-state index >= 15 is 0 Å². The highest BCUT2D eigenvalue weighted by molar-refractivity contribution is 5.85. The molecule has 0 aromatic heterocycles. The molecular weight excluding hydrogens is 420 g/mol. The third-order valence-corrected chi connectivity index (χ3v) is 6.66. The predicted octanol–water partition coefficient (Wildman–Crippen LogP) is 4.06. The fraction of sp³-hybridized carbons (Fsp3) is 0.423. The Balaban J connectivity index is 1.29. The fourth-order valence-corrected chi connectivity index (χ4v) is 4.99. The minimum Gasteiger partial charge on any atom is -0.480 e. The average molecular weight is 451 g/mol. The molecule has 2 aromatic carbocycles. The number of nitrogens with one attached hydrogen (secondary N) is 2. The van der Waals surface area contributed by atoms with Crippen molar-refractivity contribution in [3.05, 3.63) is 59.7 Å². The van der Waals surface area contributed by atoms with E-state index in [1.54, 1.807) is 0 Å². The van der Waals surface area contributed by atoms with E-state index in [0.717, 1.165) is 11.1 Å². The number of hydrogen-bond acceptors (Lipinski definition) is 4. The second-order valence-corrected chi connectivity index (χ2v) is 8.86. The first kappa shape index (κ1) is 22.8. The topological polar surface area (TPSA) is 105 Å². The number of carboxylic acid groups (broad SMARTS) is 1. The third-order valence-electron chi connectivity index (χ3n) is 6.66. The molecule has 0 bridgehead atoms. The Labute approximate surface area is 193 Å². The first-order valence-corrected chi connectivity index (χ1v) is 11.6. The first-order chi connectivity index (χ1) is 16.0. The van der Waals surface area contributed by atoms with Gasteiger partial charge in [0.1, 0.15) is 12.6 Å². The van der Waals surface area contributed by atoms with Crippen LogP contribution in [0.2, 0.25) is 0 Å². The largest absolute Gasteiger partial charge is 0.480 e. The lowest BCUT2D eigenvalue weighted by molar-refractivity contribution is -0.142. The molecule has 4 rings (SSSR count). The molecule has 2 aliphatic carbocycles. The summed E-state index contributed by atoms with van der Waals surface area (Å²) in [6, 6.07) is 15.3. The molecule has 0 spiro atoms. The van der Waals surface area contributed by atoms with Crippen molar-refractivity contribution < 1.29 is 24.2 Å². The van der Waals surface area contributed by atoms with Gasteiger partial charge in [-0.1, -0.05) is 61.9 Å². The summed E-state index contributed by atoms with van der Waals surface area (Å²) in [7, 11) is 0. The highest BCUT2D eigenvalue weighted by Crippen LogP contribution is 2.44. The maximum atomic E-state index is 12.5. The van der Waals surface area contributed by atoms with Gasteiger partial charge in [-0.05, 0) is 47.9 Å². The van der Waals surface area contributed by atoms with Gasteiger partial charge < -0.3 is 20.5 Å². The monoisotopic (exact) mass is 450 g/mol. The maximum absolute atomic E-state index is 12.5. The SMILES string of the molecule is CCC[C@@H](NC(=O)C1CCC(NC(=O)OCC2c3ccccc3-c3ccccc32)C1)C(=O)O. The van der Waals surface area contributed by atoms with Gasteiger partial charge in [-0.15, -0.1) is 0 Å². The smallest absolute Gasteiger partial charge is 0.407 e. The van der Waals surface area contributed by atoms with Gasteiger partial charge in [0.25, 0.3) is 0 Å². The summed E-state index contributed by atoms with van der Waals surface area (Å²) in [5.74, 6) is -1.58. The standard InChI is InChI=1S/C26H30N2O5/c1-2-7-23(25(30)31)28-24(29)16-12-13-17(14-16)27-26(32)33-15-22-20-10-5-3-8-18(20)19-9-4-6-11-21(19)22/h3-6,8-11,16-17,22-23H,2,7,12-15H2,1H3,(H,27,32)(H,28,29)(H,30,31)/t16?,17?,23-/m1/s1. The van der Waals surface area contributed by atoms with Crippen molar-refractivity contribution in [3.63, 3.8) is 0 Å². The van der Waals surface area contributed by atoms with Gasteiger partial charge in [-0.3, -0.25) is 4.79 Å². The zero-order chi connectivity index (χ0) is 23.4. The van der Waals surface area contributed by atoms with Crippen molar-refractivity contribution in [2.45, 2.75) is 57.0 Å². The molecule has 174 valence electrons. The van der Waals surface area contributed by atoms with Crippen LogP contribution in [0.1, 0.15) is 56.1 Å². The molecule has 0 aliphatic heterocycles. The Morgan fingerprint density at radius 3 is 2.27 bits per heavy atom. The van der Waals surface area contributed by atoms with E-state index < -0.39 is 18.1 Å². The van der Waals surface area contributed by atoms with Gasteiger partial charge >= 0.3 is 12.1 Å². The summed E-state index contributed by atoms with van der Waals surface area (Å²) in [5, 5.41) is 14.8. The van der Waals surface area contributed by atoms with Crippen molar-refractivity contribution >= 4 is 18.0 Å². The summed E-state index contributed by atoms with van der Waals surface area (Å²) < 4.78 is 5.60. The van der Waals surface area contributed by atoms with Gasteiger partial charge in [0.05, 0.1) is 0 Å². The molecule has 3 N–H and O–H groups in total. The lowest BCUT2D eigenvalue weighted by Crippen LogP contribution is -2.43. The summed E-state index contributed by atoms with van der Waals surface area (Å²) in [6.45, 7) is 2.12. The van der Waals surface area contributed by atoms with Gasteiger partial charge in [0.2, 0.25) is 5.91 Å². The molecule has 3 atom stereocenters. The number of alkyl carbamates (subject to hydrolysis) is 1. The van der Waals surface area contributed by atoms with Crippen LogP contribution in [0.25, 0.3) is 11.1 Å². The molecule has 0 radical (unpaired) electrons. The Morgan fingerprint density at radius 2 is 1.67 bits per heavy atom. The number of hydrogen-bond donors (Lipinski definition) is 3. The molecule has 2 aliphatic rings. The molecule has 2 amide bonds. The molecule has 0 saturated heterocycles. The summed E-state index contributed by atoms with van der Waals surface area (Å²) >= 11 is 0. The van der Waals surface area contributed by atoms with Crippen LogP contribution in [-0.2, 0) is 14.3 Å². The van der Waals surface area contributed by atoms with Gasteiger partial charge in [-0.2, -0.15) is 0 Å². The van der Waals surface area contributed by atoms with E-state index in [0.29, 0.717) is 32.1 Å². The van der Waals surface area contributed by atoms with Crippen LogP contribution in [0.4, 0.5) is 4.79 Å². The highest BCUT2D eigenvalue weighted by Gasteiger charge is 2.34. The Hall–Kier alpha value is -3.35. The summed E-state index contributed by atoms with van der Waals surface area (Å²) in [6.07, 6.45) is 2.33. The van der Waals surface area contributed by atoms with Crippen LogP contribution in [0.15, 0.2) is 48.5 Å². The number of benzene rings is 2. The number of carboxylic acids is 1. The number of carbonyl (C=O) groups is 3. The van der Waals surface area contributed by atoms with E-state index in [2.05, 4.69) is 34.9 Å². The first-order valence-electron chi connectivity index (χ1n) is 11.6. The van der Waals surface area contributed by atoms with Crippen LogP contribution < -0.4 is 10.6 Å². The molecule has 2 aromatic rings. The van der Waals surface area contributed by atoms with E-state index in [4.69, 9.17) is 4.74 Å². The number of fused-ring (bicyclic) bond motifs is 3. The van der Waals surface area contributed by atoms with Gasteiger partial charge in [0.15, 0.2) is 0 Å². The molecule has 7 heteroatoms. The normalized spacial score (nSPS) is 19.9. The molecular formula is C26H30N2O5. The predicted molar refractivity (Wildman–Crippen MR) is 124 cm³/mol. The number of amides is 2. The second kappa shape index (κ2) is 10.1. The summed E-state index contributed by atoms with van der Waals surface area (Å²) in [4.78, 5) is 36.3. The summed E-state index contributed by atoms with van der Waals surface area (Å²) in [5.41, 5.74) is 4.66. The van der Waals surface area contributed by atoms with Crippen molar-refractivity contribution in [3.8, 4) is 11.1 Å². The van der Waals surface area contributed by atoms with E-state index in [1.165, 1.54) is 11.1 Å². The molecule has 0 heterocycles. The van der Waals surface area contributed by atoms with Gasteiger partial charge in [0, 0.05) is 17.9 Å². The highest BCUT2D eigenvalue weighted by atomic mass is 16.5. The minimum atomic E-state index is -1.02. The average Bonchev–Trinajstić information content (AvgIpc) is 3.40. The molecule has 1 fully saturated rings. The molecule has 1 saturated carbocycles. The van der Waals surface area contributed by atoms with Gasteiger partial charge in [-0.25, -0.2) is 9.59 Å². The molecule has 33 heavy (non-hydrogen) atoms. The lowest BCUT2D eigenvalue weighted by atomic mass is 9.98. The van der Waals surface area contributed by atoms with E-state index in [9.17, 15) is 19.5 Å². The van der Waals surface area contributed by atoms with Crippen molar-refractivity contribution in [2.75, 3.05) is 6.61 Å². The fourth-order valence-electron chi connectivity index (χ4n) is 4.99. The van der Waals surface area contributed by atoms with Crippen LogP contribution in [-0.4, -0.2) is 41.8 Å². The molecule has 7 nitrogen and oxygen atoms in total. The molecule has 2 unspecified atom stereocenters. The van der Waals surface area contributed by atoms with Crippen LogP contribution in [0.3, 0.4) is 0 Å². The van der Waals surface area contributed by atoms with Crippen LogP contribution in [0.5, 0.6) is 0 Å². The Bertz CT molecular complexity index is 991. The van der Waals surface area contributed by atoms with Crippen LogP contribution in [0, 0.1) is 5.92 Å². The quantitative estimate of drug-likeness (QED) is 0.563. The van der Waals surface area contributed by atoms with Crippen molar-refractivity contribution in [1.82, 2.24) is 10.6 Å². The Kier molecular flexibility index (Phi) is 6.96. The van der Waals surface area contributed by atoms with E-state index in [1.807, 2.05) is 31.2 Å². The number of ether oxygens (including phenoxy) is 1. The Morgan fingerprint density at radius 1 is 1.03 bits per heavy atom. The lowest BCUT2D eigenvalue weighted by Gasteiger charge is -2.18. The maximum Gasteiger partial charge on any atom is 0.407 e. The zero-order valence-electron chi connectivity index (χ0n) is 18.8. The van der Waals surface area contributed by atoms with Crippen molar-refractivity contribution in [1.29, 1.82) is 0 Å². The second-order valence-electron chi connectivity index (χ2n) is 8.86. The van der Waals surface area contributed by atoms with Crippen molar-refractivity contribution in [2.24, 2.45) is 5.92 Å². The number of rotatable bonds is 8.